The predicted molar refractivity (Wildman–Crippen MR) is 88.1 cm³/mol. The third-order valence-electron chi connectivity index (χ3n) is 4.33. The number of hydrogen-bond acceptors (Lipinski definition) is 4. The fraction of sp³-hybridized carbons (Fsp3) is 0.529. The minimum Gasteiger partial charge on any atom is -0.342 e. The van der Waals surface area contributed by atoms with Crippen molar-refractivity contribution in [2.45, 2.75) is 39.7 Å². The molecule has 1 aliphatic rings. The first-order valence-corrected chi connectivity index (χ1v) is 8.01. The van der Waals surface area contributed by atoms with Crippen LogP contribution in [0.4, 0.5) is 0 Å². The summed E-state index contributed by atoms with van der Waals surface area (Å²) >= 11 is 0. The molecule has 0 bridgehead atoms. The lowest BCUT2D eigenvalue weighted by atomic mass is 9.93. The lowest BCUT2D eigenvalue weighted by Crippen LogP contribution is -2.45. The van der Waals surface area contributed by atoms with Crippen LogP contribution < -0.4 is 5.56 Å². The molecule has 0 N–H and O–H groups in total. The zero-order chi connectivity index (χ0) is 16.6. The summed E-state index contributed by atoms with van der Waals surface area (Å²) in [6, 6.07) is 7.25. The number of fused-ring (bicyclic) bond motifs is 1. The topological polar surface area (TPSA) is 68.1 Å². The highest BCUT2D eigenvalue weighted by Crippen LogP contribution is 2.25. The van der Waals surface area contributed by atoms with Gasteiger partial charge in [-0.15, -0.1) is 5.10 Å². The number of amides is 1. The lowest BCUT2D eigenvalue weighted by Gasteiger charge is -2.35. The number of likely N-dealkylation sites (tertiary alicyclic amines) is 1. The second-order valence-corrected chi connectivity index (χ2v) is 7.13. The minimum absolute atomic E-state index is 0.00336. The van der Waals surface area contributed by atoms with Crippen LogP contribution in [0.25, 0.3) is 10.9 Å². The second kappa shape index (κ2) is 5.76. The van der Waals surface area contributed by atoms with Crippen molar-refractivity contribution in [3.05, 3.63) is 34.6 Å². The van der Waals surface area contributed by atoms with Gasteiger partial charge in [0.15, 0.2) is 0 Å². The zero-order valence-electron chi connectivity index (χ0n) is 13.8. The number of hydrogen-bond donors (Lipinski definition) is 0. The Kier molecular flexibility index (Phi) is 3.92. The quantitative estimate of drug-likeness (QED) is 0.807. The monoisotopic (exact) mass is 314 g/mol. The molecule has 3 rings (SSSR count). The zero-order valence-corrected chi connectivity index (χ0v) is 13.8. The van der Waals surface area contributed by atoms with Crippen molar-refractivity contribution in [1.29, 1.82) is 0 Å². The second-order valence-electron chi connectivity index (χ2n) is 7.13. The van der Waals surface area contributed by atoms with E-state index in [4.69, 9.17) is 0 Å². The van der Waals surface area contributed by atoms with Gasteiger partial charge in [-0.25, -0.2) is 4.68 Å². The highest BCUT2D eigenvalue weighted by atomic mass is 16.2. The Hall–Kier alpha value is -2.24. The molecular weight excluding hydrogens is 292 g/mol. The van der Waals surface area contributed by atoms with Gasteiger partial charge >= 0.3 is 0 Å². The van der Waals surface area contributed by atoms with E-state index in [2.05, 4.69) is 10.3 Å². The third-order valence-corrected chi connectivity index (χ3v) is 4.33. The molecule has 0 atom stereocenters. The van der Waals surface area contributed by atoms with Gasteiger partial charge in [0.1, 0.15) is 5.52 Å². The summed E-state index contributed by atoms with van der Waals surface area (Å²) < 4.78 is 1.49. The van der Waals surface area contributed by atoms with Crippen molar-refractivity contribution >= 4 is 16.8 Å². The molecule has 0 radical (unpaired) electrons. The highest BCUT2D eigenvalue weighted by molar-refractivity contribution is 5.81. The average molecular weight is 314 g/mol. The summed E-state index contributed by atoms with van der Waals surface area (Å²) in [6.45, 7) is 7.10. The van der Waals surface area contributed by atoms with E-state index in [0.717, 1.165) is 12.8 Å². The van der Waals surface area contributed by atoms with Gasteiger partial charge < -0.3 is 4.90 Å². The first-order chi connectivity index (χ1) is 10.9. The maximum atomic E-state index is 12.6. The van der Waals surface area contributed by atoms with Crippen molar-refractivity contribution in [3.8, 4) is 0 Å². The van der Waals surface area contributed by atoms with E-state index < -0.39 is 0 Å². The normalized spacial score (nSPS) is 16.7. The van der Waals surface area contributed by atoms with Gasteiger partial charge in [-0.05, 0) is 25.0 Å². The first kappa shape index (κ1) is 15.6. The van der Waals surface area contributed by atoms with Gasteiger partial charge in [0.25, 0.3) is 5.56 Å². The molecule has 1 saturated heterocycles. The van der Waals surface area contributed by atoms with Crippen molar-refractivity contribution in [2.24, 2.45) is 5.41 Å². The highest BCUT2D eigenvalue weighted by Gasteiger charge is 2.31. The van der Waals surface area contributed by atoms with Crippen LogP contribution >= 0.6 is 0 Å². The van der Waals surface area contributed by atoms with E-state index in [-0.39, 0.29) is 22.9 Å². The Balaban J connectivity index is 1.80. The Morgan fingerprint density at radius 2 is 1.83 bits per heavy atom. The molecule has 6 heteroatoms. The molecular formula is C17H22N4O2. The molecule has 0 saturated carbocycles. The number of rotatable bonds is 1. The first-order valence-electron chi connectivity index (χ1n) is 8.01. The average Bonchev–Trinajstić information content (AvgIpc) is 2.54. The summed E-state index contributed by atoms with van der Waals surface area (Å²) in [5.74, 6) is 0.160. The van der Waals surface area contributed by atoms with Gasteiger partial charge in [0.2, 0.25) is 5.91 Å². The summed E-state index contributed by atoms with van der Waals surface area (Å²) in [6.07, 6.45) is 1.46. The Labute approximate surface area is 135 Å². The van der Waals surface area contributed by atoms with Gasteiger partial charge in [-0.2, -0.15) is 0 Å². The van der Waals surface area contributed by atoms with Gasteiger partial charge in [-0.3, -0.25) is 9.59 Å². The summed E-state index contributed by atoms with van der Waals surface area (Å²) in [5, 5.41) is 8.84. The Morgan fingerprint density at radius 1 is 1.17 bits per heavy atom. The number of nitrogens with zero attached hydrogens (tertiary/aromatic N) is 4. The fourth-order valence-corrected chi connectivity index (χ4v) is 3.03. The van der Waals surface area contributed by atoms with Crippen LogP contribution in [0.2, 0.25) is 0 Å². The number of aromatic nitrogens is 3. The Bertz CT molecular complexity index is 783. The van der Waals surface area contributed by atoms with Crippen LogP contribution in [0.3, 0.4) is 0 Å². The van der Waals surface area contributed by atoms with Crippen LogP contribution in [0.15, 0.2) is 29.1 Å². The predicted octanol–water partition coefficient (Wildman–Crippen LogP) is 2.00. The fourth-order valence-electron chi connectivity index (χ4n) is 3.03. The van der Waals surface area contributed by atoms with Crippen LogP contribution in [0, 0.1) is 5.41 Å². The van der Waals surface area contributed by atoms with Crippen molar-refractivity contribution in [3.63, 3.8) is 0 Å². The Morgan fingerprint density at radius 3 is 2.48 bits per heavy atom. The smallest absolute Gasteiger partial charge is 0.277 e. The van der Waals surface area contributed by atoms with Crippen molar-refractivity contribution < 1.29 is 4.79 Å². The van der Waals surface area contributed by atoms with Crippen LogP contribution in [0.1, 0.15) is 39.7 Å². The molecule has 2 aromatic rings. The molecule has 1 aromatic carbocycles. The van der Waals surface area contributed by atoms with Crippen LogP contribution in [0.5, 0.6) is 0 Å². The molecule has 0 unspecified atom stereocenters. The van der Waals surface area contributed by atoms with E-state index >= 15 is 0 Å². The van der Waals surface area contributed by atoms with Crippen molar-refractivity contribution in [1.82, 2.24) is 19.9 Å². The lowest BCUT2D eigenvalue weighted by molar-refractivity contribution is -0.140. The van der Waals surface area contributed by atoms with Crippen LogP contribution in [-0.4, -0.2) is 38.9 Å². The largest absolute Gasteiger partial charge is 0.342 e. The van der Waals surface area contributed by atoms with Gasteiger partial charge in [0, 0.05) is 18.5 Å². The summed E-state index contributed by atoms with van der Waals surface area (Å²) in [5.41, 5.74) is 0.150. The van der Waals surface area contributed by atoms with Gasteiger partial charge in [0.05, 0.1) is 11.4 Å². The SMILES string of the molecule is CC(C)(C)C(=O)N1CCC(n2nnc3ccccc3c2=O)CC1. The molecule has 1 fully saturated rings. The van der Waals surface area contributed by atoms with E-state index in [1.54, 1.807) is 12.1 Å². The standard InChI is InChI=1S/C17H22N4O2/c1-17(2,3)16(23)20-10-8-12(9-11-20)21-15(22)13-6-4-5-7-14(13)18-19-21/h4-7,12H,8-11H2,1-3H3. The maximum absolute atomic E-state index is 12.6. The molecule has 122 valence electrons. The van der Waals surface area contributed by atoms with E-state index in [1.165, 1.54) is 4.68 Å². The molecule has 1 amide bonds. The van der Waals surface area contributed by atoms with E-state index in [1.807, 2.05) is 37.8 Å². The molecule has 1 aromatic heterocycles. The van der Waals surface area contributed by atoms with Crippen LogP contribution in [-0.2, 0) is 4.79 Å². The molecule has 1 aliphatic heterocycles. The molecule has 2 heterocycles. The summed E-state index contributed by atoms with van der Waals surface area (Å²) in [4.78, 5) is 26.8. The third kappa shape index (κ3) is 2.98. The molecule has 6 nitrogen and oxygen atoms in total. The number of piperidine rings is 1. The maximum Gasteiger partial charge on any atom is 0.277 e. The molecule has 0 spiro atoms. The van der Waals surface area contributed by atoms with Gasteiger partial charge in [-0.1, -0.05) is 38.1 Å². The number of carbonyl (C=O) groups excluding carboxylic acids is 1. The number of carbonyl (C=O) groups is 1. The molecule has 23 heavy (non-hydrogen) atoms. The molecule has 0 aliphatic carbocycles. The van der Waals surface area contributed by atoms with E-state index in [9.17, 15) is 9.59 Å². The van der Waals surface area contributed by atoms with E-state index in [0.29, 0.717) is 24.0 Å². The summed E-state index contributed by atoms with van der Waals surface area (Å²) in [7, 11) is 0. The van der Waals surface area contributed by atoms with Crippen molar-refractivity contribution in [2.75, 3.05) is 13.1 Å². The minimum atomic E-state index is -0.369. The number of benzene rings is 1.